The predicted molar refractivity (Wildman–Crippen MR) is 47.2 cm³/mol. The fraction of sp³-hybridized carbons (Fsp3) is 0.900. The van der Waals surface area contributed by atoms with E-state index < -0.39 is 5.60 Å². The summed E-state index contributed by atoms with van der Waals surface area (Å²) in [5, 5.41) is 10.00. The van der Waals surface area contributed by atoms with Crippen molar-refractivity contribution in [2.24, 2.45) is 17.8 Å². The van der Waals surface area contributed by atoms with E-state index in [2.05, 4.69) is 0 Å². The Labute approximate surface area is 78.1 Å². The predicted octanol–water partition coefficient (Wildman–Crippen LogP) is 0.609. The van der Waals surface area contributed by atoms with Gasteiger partial charge in [-0.1, -0.05) is 0 Å². The van der Waals surface area contributed by atoms with Crippen molar-refractivity contribution in [3.63, 3.8) is 0 Å². The zero-order valence-corrected chi connectivity index (χ0v) is 7.90. The zero-order valence-electron chi connectivity index (χ0n) is 7.90. The van der Waals surface area contributed by atoms with E-state index in [1.165, 1.54) is 0 Å². The van der Waals surface area contributed by atoms with Crippen LogP contribution in [0.2, 0.25) is 0 Å². The standard InChI is InChI=1S/C10H16O3/c1-10(12)4-7-6-13-3-2-8(7)9(10)5-11/h5,7-9,12H,2-4,6H2,1H3/t7-,8+,9-,10?/m0/s1. The molecule has 1 N–H and O–H groups in total. The molecule has 0 bridgehead atoms. The van der Waals surface area contributed by atoms with E-state index in [1.807, 2.05) is 0 Å². The van der Waals surface area contributed by atoms with Gasteiger partial charge in [-0.15, -0.1) is 0 Å². The zero-order chi connectivity index (χ0) is 9.47. The van der Waals surface area contributed by atoms with Gasteiger partial charge in [0, 0.05) is 19.1 Å². The molecule has 1 heterocycles. The monoisotopic (exact) mass is 184 g/mol. The number of aliphatic hydroxyl groups is 1. The summed E-state index contributed by atoms with van der Waals surface area (Å²) in [6, 6.07) is 0. The molecular formula is C10H16O3. The minimum atomic E-state index is -0.801. The third kappa shape index (κ3) is 1.40. The molecule has 2 rings (SSSR count). The van der Waals surface area contributed by atoms with Crippen LogP contribution in [0.15, 0.2) is 0 Å². The normalized spacial score (nSPS) is 50.2. The highest BCUT2D eigenvalue weighted by molar-refractivity contribution is 5.57. The molecule has 3 nitrogen and oxygen atoms in total. The lowest BCUT2D eigenvalue weighted by atomic mass is 9.84. The second-order valence-corrected chi connectivity index (χ2v) is 4.51. The molecule has 1 aliphatic heterocycles. The molecule has 1 saturated carbocycles. The van der Waals surface area contributed by atoms with Crippen LogP contribution >= 0.6 is 0 Å². The Morgan fingerprint density at radius 3 is 3.08 bits per heavy atom. The van der Waals surface area contributed by atoms with Crippen molar-refractivity contribution < 1.29 is 14.6 Å². The van der Waals surface area contributed by atoms with Crippen LogP contribution in [0.25, 0.3) is 0 Å². The summed E-state index contributed by atoms with van der Waals surface area (Å²) in [6.07, 6.45) is 2.56. The molecule has 2 aliphatic rings. The highest BCUT2D eigenvalue weighted by Crippen LogP contribution is 2.46. The molecule has 0 spiro atoms. The quantitative estimate of drug-likeness (QED) is 0.607. The molecule has 0 radical (unpaired) electrons. The van der Waals surface area contributed by atoms with Crippen LogP contribution in [0.1, 0.15) is 19.8 Å². The molecule has 1 unspecified atom stereocenters. The van der Waals surface area contributed by atoms with Crippen molar-refractivity contribution in [3.05, 3.63) is 0 Å². The number of hydrogen-bond donors (Lipinski definition) is 1. The second kappa shape index (κ2) is 3.07. The smallest absolute Gasteiger partial charge is 0.126 e. The number of carbonyl (C=O) groups excluding carboxylic acids is 1. The minimum Gasteiger partial charge on any atom is -0.389 e. The van der Waals surface area contributed by atoms with Gasteiger partial charge in [0.2, 0.25) is 0 Å². The molecule has 1 aliphatic carbocycles. The lowest BCUT2D eigenvalue weighted by molar-refractivity contribution is -0.119. The highest BCUT2D eigenvalue weighted by atomic mass is 16.5. The molecule has 74 valence electrons. The Balaban J connectivity index is 2.19. The van der Waals surface area contributed by atoms with Crippen LogP contribution in [0.5, 0.6) is 0 Å². The van der Waals surface area contributed by atoms with Crippen LogP contribution in [0.3, 0.4) is 0 Å². The molecule has 0 amide bonds. The number of fused-ring (bicyclic) bond motifs is 1. The van der Waals surface area contributed by atoms with Gasteiger partial charge in [0.05, 0.1) is 5.60 Å². The van der Waals surface area contributed by atoms with Gasteiger partial charge in [-0.25, -0.2) is 0 Å². The summed E-state index contributed by atoms with van der Waals surface area (Å²) in [5.41, 5.74) is -0.801. The average molecular weight is 184 g/mol. The maximum atomic E-state index is 10.9. The third-order valence-corrected chi connectivity index (χ3v) is 3.53. The molecule has 0 aromatic carbocycles. The third-order valence-electron chi connectivity index (χ3n) is 3.53. The van der Waals surface area contributed by atoms with Crippen molar-refractivity contribution in [1.29, 1.82) is 0 Å². The van der Waals surface area contributed by atoms with Crippen molar-refractivity contribution in [2.45, 2.75) is 25.4 Å². The van der Waals surface area contributed by atoms with Gasteiger partial charge >= 0.3 is 0 Å². The summed E-state index contributed by atoms with van der Waals surface area (Å²) in [6.45, 7) is 3.22. The van der Waals surface area contributed by atoms with Crippen LogP contribution in [-0.2, 0) is 9.53 Å². The fourth-order valence-corrected chi connectivity index (χ4v) is 2.87. The molecular weight excluding hydrogens is 168 g/mol. The van der Waals surface area contributed by atoms with Crippen LogP contribution in [-0.4, -0.2) is 30.2 Å². The van der Waals surface area contributed by atoms with E-state index in [0.717, 1.165) is 19.3 Å². The summed E-state index contributed by atoms with van der Waals surface area (Å²) in [4.78, 5) is 10.9. The Morgan fingerprint density at radius 2 is 2.38 bits per heavy atom. The molecule has 0 aromatic rings. The van der Waals surface area contributed by atoms with Crippen LogP contribution < -0.4 is 0 Å². The SMILES string of the molecule is CC1(O)C[C@H]2COCC[C@H]2[C@@H]1C=O. The largest absolute Gasteiger partial charge is 0.389 e. The van der Waals surface area contributed by atoms with Gasteiger partial charge in [0.15, 0.2) is 0 Å². The van der Waals surface area contributed by atoms with E-state index in [4.69, 9.17) is 4.74 Å². The first-order valence-corrected chi connectivity index (χ1v) is 4.90. The molecule has 4 atom stereocenters. The molecule has 1 saturated heterocycles. The summed E-state index contributed by atoms with van der Waals surface area (Å²) in [7, 11) is 0. The van der Waals surface area contributed by atoms with Gasteiger partial charge in [-0.05, 0) is 31.6 Å². The number of hydrogen-bond acceptors (Lipinski definition) is 3. The first kappa shape index (κ1) is 9.16. The van der Waals surface area contributed by atoms with Crippen LogP contribution in [0, 0.1) is 17.8 Å². The van der Waals surface area contributed by atoms with E-state index in [9.17, 15) is 9.90 Å². The van der Waals surface area contributed by atoms with Gasteiger partial charge in [-0.2, -0.15) is 0 Å². The van der Waals surface area contributed by atoms with E-state index in [1.54, 1.807) is 6.92 Å². The highest BCUT2D eigenvalue weighted by Gasteiger charge is 2.50. The fourth-order valence-electron chi connectivity index (χ4n) is 2.87. The molecule has 2 fully saturated rings. The topological polar surface area (TPSA) is 46.5 Å². The first-order valence-electron chi connectivity index (χ1n) is 4.90. The summed E-state index contributed by atoms with van der Waals surface area (Å²) >= 11 is 0. The number of ether oxygens (including phenoxy) is 1. The van der Waals surface area contributed by atoms with Crippen molar-refractivity contribution >= 4 is 6.29 Å². The van der Waals surface area contributed by atoms with Gasteiger partial charge in [0.25, 0.3) is 0 Å². The lowest BCUT2D eigenvalue weighted by Crippen LogP contribution is -2.33. The van der Waals surface area contributed by atoms with Gasteiger partial charge in [0.1, 0.15) is 6.29 Å². The van der Waals surface area contributed by atoms with Gasteiger partial charge in [-0.3, -0.25) is 0 Å². The molecule has 13 heavy (non-hydrogen) atoms. The Bertz CT molecular complexity index is 212. The lowest BCUT2D eigenvalue weighted by Gasteiger charge is -2.27. The van der Waals surface area contributed by atoms with Crippen LogP contribution in [0.4, 0.5) is 0 Å². The Hall–Kier alpha value is -0.410. The number of aldehydes is 1. The average Bonchev–Trinajstić information content (AvgIpc) is 2.33. The maximum Gasteiger partial charge on any atom is 0.126 e. The second-order valence-electron chi connectivity index (χ2n) is 4.51. The van der Waals surface area contributed by atoms with Crippen molar-refractivity contribution in [2.75, 3.05) is 13.2 Å². The Morgan fingerprint density at radius 1 is 1.62 bits per heavy atom. The molecule has 0 aromatic heterocycles. The number of carbonyl (C=O) groups is 1. The van der Waals surface area contributed by atoms with Crippen molar-refractivity contribution in [3.8, 4) is 0 Å². The van der Waals surface area contributed by atoms with E-state index in [-0.39, 0.29) is 5.92 Å². The summed E-state index contributed by atoms with van der Waals surface area (Å²) < 4.78 is 5.34. The van der Waals surface area contributed by atoms with Gasteiger partial charge < -0.3 is 14.6 Å². The maximum absolute atomic E-state index is 10.9. The Kier molecular flexibility index (Phi) is 2.16. The number of rotatable bonds is 1. The first-order chi connectivity index (χ1) is 6.15. The minimum absolute atomic E-state index is 0.179. The van der Waals surface area contributed by atoms with E-state index in [0.29, 0.717) is 24.9 Å². The molecule has 3 heteroatoms. The summed E-state index contributed by atoms with van der Waals surface area (Å²) in [5.74, 6) is 0.557. The van der Waals surface area contributed by atoms with E-state index >= 15 is 0 Å². The van der Waals surface area contributed by atoms with Crippen molar-refractivity contribution in [1.82, 2.24) is 0 Å².